The molecule has 2 aliphatic rings. The van der Waals surface area contributed by atoms with Crippen LogP contribution in [0.4, 0.5) is 0 Å². The minimum Gasteiger partial charge on any atom is -0.386 e. The molecule has 1 heterocycles. The smallest absolute Gasteiger partial charge is 0.105 e. The molecule has 19 heavy (non-hydrogen) atoms. The molecule has 0 bridgehead atoms. The standard InChI is InChI=1S/C16H23NO2/c1-12-16(18,7-8-19-12)11-17-10-13-5-6-14-3-2-4-15(14)9-13/h5-6,9,12,17-18H,2-4,7-8,10-11H2,1H3. The molecule has 0 aromatic heterocycles. The molecule has 1 aromatic rings. The summed E-state index contributed by atoms with van der Waals surface area (Å²) in [7, 11) is 0. The molecule has 2 N–H and O–H groups in total. The second kappa shape index (κ2) is 5.23. The van der Waals surface area contributed by atoms with Crippen molar-refractivity contribution in [3.63, 3.8) is 0 Å². The number of hydrogen-bond donors (Lipinski definition) is 2. The number of benzene rings is 1. The number of aliphatic hydroxyl groups is 1. The number of rotatable bonds is 4. The van der Waals surface area contributed by atoms with Crippen molar-refractivity contribution in [1.29, 1.82) is 0 Å². The van der Waals surface area contributed by atoms with Crippen molar-refractivity contribution in [2.45, 2.75) is 50.9 Å². The van der Waals surface area contributed by atoms with E-state index in [0.29, 0.717) is 13.2 Å². The molecule has 0 amide bonds. The molecular weight excluding hydrogens is 238 g/mol. The minimum atomic E-state index is -0.698. The molecule has 104 valence electrons. The first kappa shape index (κ1) is 13.1. The second-order valence-corrected chi connectivity index (χ2v) is 5.93. The third kappa shape index (κ3) is 2.69. The number of fused-ring (bicyclic) bond motifs is 1. The van der Waals surface area contributed by atoms with Gasteiger partial charge in [-0.1, -0.05) is 18.2 Å². The molecule has 0 radical (unpaired) electrons. The topological polar surface area (TPSA) is 41.5 Å². The Kier molecular flexibility index (Phi) is 3.61. The summed E-state index contributed by atoms with van der Waals surface area (Å²) in [5, 5.41) is 13.8. The van der Waals surface area contributed by atoms with Gasteiger partial charge in [0.1, 0.15) is 5.60 Å². The largest absolute Gasteiger partial charge is 0.386 e. The van der Waals surface area contributed by atoms with E-state index in [9.17, 15) is 5.11 Å². The number of hydrogen-bond acceptors (Lipinski definition) is 3. The molecule has 3 rings (SSSR count). The van der Waals surface area contributed by atoms with Crippen molar-refractivity contribution in [3.05, 3.63) is 34.9 Å². The Hall–Kier alpha value is -0.900. The van der Waals surface area contributed by atoms with Crippen LogP contribution in [0.5, 0.6) is 0 Å². The van der Waals surface area contributed by atoms with E-state index in [-0.39, 0.29) is 6.10 Å². The highest BCUT2D eigenvalue weighted by molar-refractivity contribution is 5.35. The number of ether oxygens (including phenoxy) is 1. The summed E-state index contributed by atoms with van der Waals surface area (Å²) in [5.41, 5.74) is 3.64. The lowest BCUT2D eigenvalue weighted by atomic mass is 9.96. The van der Waals surface area contributed by atoms with Gasteiger partial charge in [-0.25, -0.2) is 0 Å². The third-order valence-electron chi connectivity index (χ3n) is 4.58. The van der Waals surface area contributed by atoms with Crippen molar-refractivity contribution < 1.29 is 9.84 Å². The maximum atomic E-state index is 10.4. The zero-order chi connectivity index (χ0) is 13.3. The van der Waals surface area contributed by atoms with Gasteiger partial charge in [-0.3, -0.25) is 0 Å². The average molecular weight is 261 g/mol. The summed E-state index contributed by atoms with van der Waals surface area (Å²) in [6.07, 6.45) is 4.40. The van der Waals surface area contributed by atoms with Crippen LogP contribution in [-0.4, -0.2) is 30.0 Å². The molecule has 0 saturated carbocycles. The summed E-state index contributed by atoms with van der Waals surface area (Å²) in [5.74, 6) is 0. The first-order chi connectivity index (χ1) is 9.17. The van der Waals surface area contributed by atoms with Crippen LogP contribution in [-0.2, 0) is 24.1 Å². The molecule has 0 spiro atoms. The lowest BCUT2D eigenvalue weighted by Crippen LogP contribution is -2.45. The van der Waals surface area contributed by atoms with Crippen LogP contribution in [0.2, 0.25) is 0 Å². The van der Waals surface area contributed by atoms with Crippen LogP contribution in [0.3, 0.4) is 0 Å². The van der Waals surface area contributed by atoms with Crippen LogP contribution < -0.4 is 5.32 Å². The molecule has 1 saturated heterocycles. The molecule has 2 unspecified atom stereocenters. The number of nitrogens with one attached hydrogen (secondary N) is 1. The summed E-state index contributed by atoms with van der Waals surface area (Å²) >= 11 is 0. The van der Waals surface area contributed by atoms with E-state index < -0.39 is 5.60 Å². The first-order valence-corrected chi connectivity index (χ1v) is 7.33. The normalized spacial score (nSPS) is 29.7. The average Bonchev–Trinajstić information content (AvgIpc) is 2.97. The number of aryl methyl sites for hydroxylation is 2. The summed E-state index contributed by atoms with van der Waals surface area (Å²) in [4.78, 5) is 0. The zero-order valence-corrected chi connectivity index (χ0v) is 11.6. The first-order valence-electron chi connectivity index (χ1n) is 7.33. The fourth-order valence-electron chi connectivity index (χ4n) is 3.16. The van der Waals surface area contributed by atoms with Gasteiger partial charge in [0, 0.05) is 26.1 Å². The lowest BCUT2D eigenvalue weighted by Gasteiger charge is -2.26. The minimum absolute atomic E-state index is 0.0694. The van der Waals surface area contributed by atoms with Crippen LogP contribution >= 0.6 is 0 Å². The van der Waals surface area contributed by atoms with Crippen molar-refractivity contribution in [3.8, 4) is 0 Å². The van der Waals surface area contributed by atoms with Gasteiger partial charge in [-0.05, 0) is 42.9 Å². The Bertz CT molecular complexity index is 460. The Morgan fingerprint density at radius 3 is 3.00 bits per heavy atom. The molecule has 1 aromatic carbocycles. The van der Waals surface area contributed by atoms with Crippen LogP contribution in [0.15, 0.2) is 18.2 Å². The second-order valence-electron chi connectivity index (χ2n) is 5.93. The van der Waals surface area contributed by atoms with Crippen molar-refractivity contribution >= 4 is 0 Å². The van der Waals surface area contributed by atoms with Crippen molar-refractivity contribution in [2.75, 3.05) is 13.2 Å². The Morgan fingerprint density at radius 2 is 2.21 bits per heavy atom. The molecule has 3 nitrogen and oxygen atoms in total. The van der Waals surface area contributed by atoms with Crippen LogP contribution in [0.1, 0.15) is 36.5 Å². The van der Waals surface area contributed by atoms with E-state index in [1.165, 1.54) is 36.0 Å². The van der Waals surface area contributed by atoms with Gasteiger partial charge in [0.15, 0.2) is 0 Å². The van der Waals surface area contributed by atoms with Gasteiger partial charge in [0.05, 0.1) is 6.10 Å². The fourth-order valence-corrected chi connectivity index (χ4v) is 3.16. The lowest BCUT2D eigenvalue weighted by molar-refractivity contribution is -0.0262. The molecule has 1 fully saturated rings. The predicted octanol–water partition coefficient (Wildman–Crippen LogP) is 1.80. The zero-order valence-electron chi connectivity index (χ0n) is 11.6. The van der Waals surface area contributed by atoms with E-state index in [4.69, 9.17) is 4.74 Å². The molecular formula is C16H23NO2. The summed E-state index contributed by atoms with van der Waals surface area (Å²) in [6, 6.07) is 6.78. The summed E-state index contributed by atoms with van der Waals surface area (Å²) < 4.78 is 5.44. The van der Waals surface area contributed by atoms with Gasteiger partial charge in [-0.2, -0.15) is 0 Å². The Labute approximate surface area is 115 Å². The molecule has 3 heteroatoms. The van der Waals surface area contributed by atoms with E-state index in [1.54, 1.807) is 0 Å². The van der Waals surface area contributed by atoms with E-state index >= 15 is 0 Å². The monoisotopic (exact) mass is 261 g/mol. The Balaban J connectivity index is 1.55. The maximum Gasteiger partial charge on any atom is 0.105 e. The van der Waals surface area contributed by atoms with Gasteiger partial charge in [0.2, 0.25) is 0 Å². The van der Waals surface area contributed by atoms with Crippen molar-refractivity contribution in [2.24, 2.45) is 0 Å². The van der Waals surface area contributed by atoms with E-state index in [0.717, 1.165) is 13.0 Å². The van der Waals surface area contributed by atoms with Gasteiger partial charge in [-0.15, -0.1) is 0 Å². The predicted molar refractivity (Wildman–Crippen MR) is 75.2 cm³/mol. The SMILES string of the molecule is CC1OCCC1(O)CNCc1ccc2c(c1)CCC2. The summed E-state index contributed by atoms with van der Waals surface area (Å²) in [6.45, 7) is 4.04. The van der Waals surface area contributed by atoms with Gasteiger partial charge in [0.25, 0.3) is 0 Å². The van der Waals surface area contributed by atoms with Gasteiger partial charge < -0.3 is 15.2 Å². The Morgan fingerprint density at radius 1 is 1.37 bits per heavy atom. The van der Waals surface area contributed by atoms with Gasteiger partial charge >= 0.3 is 0 Å². The van der Waals surface area contributed by atoms with Crippen molar-refractivity contribution in [1.82, 2.24) is 5.32 Å². The highest BCUT2D eigenvalue weighted by Gasteiger charge is 2.38. The maximum absolute atomic E-state index is 10.4. The fraction of sp³-hybridized carbons (Fsp3) is 0.625. The highest BCUT2D eigenvalue weighted by atomic mass is 16.5. The molecule has 1 aliphatic carbocycles. The van der Waals surface area contributed by atoms with E-state index in [2.05, 4.69) is 23.5 Å². The highest BCUT2D eigenvalue weighted by Crippen LogP contribution is 2.25. The van der Waals surface area contributed by atoms with Crippen LogP contribution in [0.25, 0.3) is 0 Å². The molecule has 2 atom stereocenters. The quantitative estimate of drug-likeness (QED) is 0.868. The third-order valence-corrected chi connectivity index (χ3v) is 4.58. The molecule has 1 aliphatic heterocycles. The van der Waals surface area contributed by atoms with E-state index in [1.807, 2.05) is 6.92 Å². The van der Waals surface area contributed by atoms with Crippen LogP contribution in [0, 0.1) is 0 Å².